The third kappa shape index (κ3) is 6.21. The molecule has 0 amide bonds. The minimum Gasteiger partial charge on any atom is -0.382 e. The first-order valence-corrected chi connectivity index (χ1v) is 4.46. The predicted molar refractivity (Wildman–Crippen MR) is 49.0 cm³/mol. The van der Waals surface area contributed by atoms with Gasteiger partial charge in [-0.15, -0.1) is 0 Å². The zero-order valence-electron chi connectivity index (χ0n) is 9.02. The first-order chi connectivity index (χ1) is 6.02. The molecule has 1 atom stereocenters. The van der Waals surface area contributed by atoms with Crippen molar-refractivity contribution in [3.63, 3.8) is 0 Å². The van der Waals surface area contributed by atoms with E-state index in [4.69, 9.17) is 5.11 Å². The van der Waals surface area contributed by atoms with E-state index in [0.29, 0.717) is 6.54 Å². The number of nitrogens with zero attached hydrogens (tertiary/aromatic N) is 1. The third-order valence-corrected chi connectivity index (χ3v) is 1.61. The molecule has 0 aromatic rings. The van der Waals surface area contributed by atoms with Gasteiger partial charge in [-0.3, -0.25) is 0 Å². The molecule has 0 aromatic carbocycles. The topological polar surface area (TPSA) is 23.5 Å². The summed E-state index contributed by atoms with van der Waals surface area (Å²) in [5.74, 6) is 0. The molecule has 5 heteroatoms. The van der Waals surface area contributed by atoms with Crippen LogP contribution < -0.4 is 0 Å². The Morgan fingerprint density at radius 3 is 1.93 bits per heavy atom. The number of alkyl halides is 3. The van der Waals surface area contributed by atoms with Crippen LogP contribution in [0.2, 0.25) is 0 Å². The van der Waals surface area contributed by atoms with Crippen molar-refractivity contribution in [2.75, 3.05) is 20.1 Å². The highest BCUT2D eigenvalue weighted by Crippen LogP contribution is 2.21. The first kappa shape index (κ1) is 13.7. The highest BCUT2D eigenvalue weighted by Gasteiger charge is 2.38. The molecule has 0 bridgehead atoms. The molecular formula is C9H18F3NO. The average Bonchev–Trinajstić information content (AvgIpc) is 1.79. The molecule has 0 aliphatic heterocycles. The molecule has 1 unspecified atom stereocenters. The largest absolute Gasteiger partial charge is 0.415 e. The van der Waals surface area contributed by atoms with Gasteiger partial charge >= 0.3 is 6.18 Å². The quantitative estimate of drug-likeness (QED) is 0.773. The lowest BCUT2D eigenvalue weighted by atomic mass is 9.96. The second-order valence-electron chi connectivity index (χ2n) is 4.81. The summed E-state index contributed by atoms with van der Waals surface area (Å²) in [5, 5.41) is 8.79. The van der Waals surface area contributed by atoms with E-state index < -0.39 is 12.3 Å². The molecule has 0 saturated heterocycles. The Kier molecular flexibility index (Phi) is 4.39. The van der Waals surface area contributed by atoms with Crippen LogP contribution >= 0.6 is 0 Å². The van der Waals surface area contributed by atoms with Crippen molar-refractivity contribution >= 4 is 0 Å². The average molecular weight is 213 g/mol. The van der Waals surface area contributed by atoms with Crippen LogP contribution in [-0.2, 0) is 0 Å². The Morgan fingerprint density at radius 1 is 1.21 bits per heavy atom. The highest BCUT2D eigenvalue weighted by atomic mass is 19.4. The molecule has 14 heavy (non-hydrogen) atoms. The SMILES string of the molecule is CN(CC(O)C(F)(F)F)CC(C)(C)C. The van der Waals surface area contributed by atoms with Crippen LogP contribution in [0.1, 0.15) is 20.8 Å². The molecule has 86 valence electrons. The van der Waals surface area contributed by atoms with E-state index in [0.717, 1.165) is 0 Å². The Balaban J connectivity index is 4.01. The van der Waals surface area contributed by atoms with Gasteiger partial charge in [0.25, 0.3) is 0 Å². The van der Waals surface area contributed by atoms with Gasteiger partial charge in [0.1, 0.15) is 0 Å². The van der Waals surface area contributed by atoms with Gasteiger partial charge in [-0.1, -0.05) is 20.8 Å². The smallest absolute Gasteiger partial charge is 0.382 e. The fraction of sp³-hybridized carbons (Fsp3) is 1.00. The Morgan fingerprint density at radius 2 is 1.64 bits per heavy atom. The van der Waals surface area contributed by atoms with Crippen molar-refractivity contribution in [1.29, 1.82) is 0 Å². The van der Waals surface area contributed by atoms with Crippen molar-refractivity contribution in [2.45, 2.75) is 33.1 Å². The zero-order chi connectivity index (χ0) is 11.6. The number of hydrogen-bond donors (Lipinski definition) is 1. The summed E-state index contributed by atoms with van der Waals surface area (Å²) in [5.41, 5.74) is -0.0694. The van der Waals surface area contributed by atoms with E-state index in [2.05, 4.69) is 0 Å². The van der Waals surface area contributed by atoms with Crippen molar-refractivity contribution in [1.82, 2.24) is 4.90 Å². The number of aliphatic hydroxyl groups is 1. The molecule has 0 aliphatic rings. The molecule has 0 rings (SSSR count). The molecular weight excluding hydrogens is 195 g/mol. The van der Waals surface area contributed by atoms with Crippen molar-refractivity contribution in [3.05, 3.63) is 0 Å². The van der Waals surface area contributed by atoms with E-state index >= 15 is 0 Å². The van der Waals surface area contributed by atoms with Crippen LogP contribution in [0.3, 0.4) is 0 Å². The second kappa shape index (κ2) is 4.49. The van der Waals surface area contributed by atoms with Crippen LogP contribution in [0.4, 0.5) is 13.2 Å². The molecule has 0 radical (unpaired) electrons. The molecule has 0 aromatic heterocycles. The van der Waals surface area contributed by atoms with Crippen molar-refractivity contribution < 1.29 is 18.3 Å². The molecule has 0 saturated carbocycles. The maximum Gasteiger partial charge on any atom is 0.415 e. The number of halogens is 3. The normalized spacial score (nSPS) is 16.1. The lowest BCUT2D eigenvalue weighted by Gasteiger charge is -2.28. The monoisotopic (exact) mass is 213 g/mol. The summed E-state index contributed by atoms with van der Waals surface area (Å²) in [6.07, 6.45) is -6.78. The lowest BCUT2D eigenvalue weighted by Crippen LogP contribution is -2.41. The van der Waals surface area contributed by atoms with E-state index in [1.54, 1.807) is 7.05 Å². The minimum atomic E-state index is -4.52. The molecule has 0 spiro atoms. The lowest BCUT2D eigenvalue weighted by molar-refractivity contribution is -0.207. The number of likely N-dealkylation sites (N-methyl/N-ethyl adjacent to an activating group) is 1. The van der Waals surface area contributed by atoms with Gasteiger partial charge in [-0.2, -0.15) is 13.2 Å². The zero-order valence-corrected chi connectivity index (χ0v) is 9.02. The van der Waals surface area contributed by atoms with Gasteiger partial charge in [0.15, 0.2) is 6.10 Å². The van der Waals surface area contributed by atoms with Gasteiger partial charge < -0.3 is 10.0 Å². The molecule has 0 heterocycles. The van der Waals surface area contributed by atoms with Crippen LogP contribution in [0.5, 0.6) is 0 Å². The Labute approximate surface area is 82.7 Å². The number of rotatable bonds is 3. The van der Waals surface area contributed by atoms with Crippen molar-refractivity contribution in [3.8, 4) is 0 Å². The van der Waals surface area contributed by atoms with E-state index in [1.165, 1.54) is 4.90 Å². The van der Waals surface area contributed by atoms with Crippen LogP contribution in [0.15, 0.2) is 0 Å². The maximum atomic E-state index is 12.0. The highest BCUT2D eigenvalue weighted by molar-refractivity contribution is 4.72. The summed E-state index contributed by atoms with van der Waals surface area (Å²) < 4.78 is 35.9. The van der Waals surface area contributed by atoms with Crippen LogP contribution in [0.25, 0.3) is 0 Å². The number of hydrogen-bond acceptors (Lipinski definition) is 2. The fourth-order valence-electron chi connectivity index (χ4n) is 1.27. The van der Waals surface area contributed by atoms with E-state index in [1.807, 2.05) is 20.8 Å². The molecule has 1 N–H and O–H groups in total. The standard InChI is InChI=1S/C9H18F3NO/c1-8(2,3)6-13(4)5-7(14)9(10,11)12/h7,14H,5-6H2,1-4H3. The fourth-order valence-corrected chi connectivity index (χ4v) is 1.27. The Hall–Kier alpha value is -0.290. The summed E-state index contributed by atoms with van der Waals surface area (Å²) >= 11 is 0. The molecule has 0 aliphatic carbocycles. The minimum absolute atomic E-state index is 0.0694. The van der Waals surface area contributed by atoms with E-state index in [-0.39, 0.29) is 12.0 Å². The first-order valence-electron chi connectivity index (χ1n) is 4.46. The summed E-state index contributed by atoms with van der Waals surface area (Å²) in [4.78, 5) is 1.48. The van der Waals surface area contributed by atoms with Gasteiger partial charge in [-0.05, 0) is 12.5 Å². The van der Waals surface area contributed by atoms with Gasteiger partial charge in [0.05, 0.1) is 0 Å². The summed E-state index contributed by atoms with van der Waals surface area (Å²) in [7, 11) is 1.57. The molecule has 2 nitrogen and oxygen atoms in total. The van der Waals surface area contributed by atoms with Crippen LogP contribution in [-0.4, -0.2) is 42.4 Å². The Bertz CT molecular complexity index is 174. The second-order valence-corrected chi connectivity index (χ2v) is 4.81. The predicted octanol–water partition coefficient (Wildman–Crippen LogP) is 1.89. The third-order valence-electron chi connectivity index (χ3n) is 1.61. The van der Waals surface area contributed by atoms with Crippen LogP contribution in [0, 0.1) is 5.41 Å². The number of aliphatic hydroxyl groups excluding tert-OH is 1. The van der Waals surface area contributed by atoms with Gasteiger partial charge in [0.2, 0.25) is 0 Å². The van der Waals surface area contributed by atoms with Gasteiger partial charge in [-0.25, -0.2) is 0 Å². The summed E-state index contributed by atoms with van der Waals surface area (Å²) in [6.45, 7) is 5.94. The van der Waals surface area contributed by atoms with Crippen molar-refractivity contribution in [2.24, 2.45) is 5.41 Å². The molecule has 0 fully saturated rings. The van der Waals surface area contributed by atoms with Gasteiger partial charge in [0, 0.05) is 13.1 Å². The maximum absolute atomic E-state index is 12.0. The summed E-state index contributed by atoms with van der Waals surface area (Å²) in [6, 6.07) is 0. The van der Waals surface area contributed by atoms with E-state index in [9.17, 15) is 13.2 Å².